The van der Waals surface area contributed by atoms with E-state index in [2.05, 4.69) is 0 Å². The van der Waals surface area contributed by atoms with Gasteiger partial charge in [0.2, 0.25) is 0 Å². The van der Waals surface area contributed by atoms with Crippen LogP contribution >= 0.6 is 0 Å². The van der Waals surface area contributed by atoms with Gasteiger partial charge in [0.05, 0.1) is 14.1 Å². The molecule has 2 aromatic carbocycles. The highest BCUT2D eigenvalue weighted by Gasteiger charge is 2.10. The highest BCUT2D eigenvalue weighted by Crippen LogP contribution is 2.24. The molecule has 0 radical (unpaired) electrons. The molecule has 0 aliphatic heterocycles. The minimum absolute atomic E-state index is 0.207. The Morgan fingerprint density at radius 2 is 1.82 bits per heavy atom. The molecule has 0 heterocycles. The van der Waals surface area contributed by atoms with E-state index in [9.17, 15) is 4.79 Å². The van der Waals surface area contributed by atoms with Crippen molar-refractivity contribution in [1.29, 1.82) is 0 Å². The summed E-state index contributed by atoms with van der Waals surface area (Å²) in [6.45, 7) is 0.364. The summed E-state index contributed by atoms with van der Waals surface area (Å²) in [4.78, 5) is 12.7. The van der Waals surface area contributed by atoms with Crippen molar-refractivity contribution in [2.24, 2.45) is 0 Å². The second-order valence-corrected chi connectivity index (χ2v) is 4.34. The first-order valence-electron chi connectivity index (χ1n) is 5.64. The van der Waals surface area contributed by atoms with E-state index in [1.807, 2.05) is 56.6 Å². The predicted molar refractivity (Wildman–Crippen MR) is 67.3 cm³/mol. The number of hydrogen-bond acceptors (Lipinski definition) is 2. The minimum Gasteiger partial charge on any atom is -0.422 e. The van der Waals surface area contributed by atoms with Gasteiger partial charge in [0.1, 0.15) is 5.75 Å². The fraction of sp³-hybridized carbons (Fsp3) is 0.214. The van der Waals surface area contributed by atoms with Crippen LogP contribution < -0.4 is 9.64 Å². The molecular weight excluding hydrogens is 214 g/mol. The zero-order chi connectivity index (χ0) is 12.3. The van der Waals surface area contributed by atoms with Crippen molar-refractivity contribution in [3.63, 3.8) is 0 Å². The number of likely N-dealkylation sites (N-methyl/N-ethyl adjacent to an activating group) is 1. The van der Waals surface area contributed by atoms with Crippen molar-refractivity contribution in [3.05, 3.63) is 42.5 Å². The molecule has 0 amide bonds. The monoisotopic (exact) mass is 230 g/mol. The summed E-state index contributed by atoms with van der Waals surface area (Å²) in [6.07, 6.45) is 0. The van der Waals surface area contributed by atoms with E-state index in [4.69, 9.17) is 4.74 Å². The van der Waals surface area contributed by atoms with E-state index in [0.717, 1.165) is 15.7 Å². The fourth-order valence-corrected chi connectivity index (χ4v) is 1.73. The number of carbonyl (C=O) groups excluding carboxylic acids is 1. The van der Waals surface area contributed by atoms with Gasteiger partial charge in [0.15, 0.2) is 6.54 Å². The lowest BCUT2D eigenvalue weighted by atomic mass is 10.1. The van der Waals surface area contributed by atoms with Crippen molar-refractivity contribution < 1.29 is 14.4 Å². The maximum absolute atomic E-state index is 11.6. The Kier molecular flexibility index (Phi) is 3.40. The van der Waals surface area contributed by atoms with E-state index in [1.54, 1.807) is 0 Å². The first kappa shape index (κ1) is 11.6. The Morgan fingerprint density at radius 1 is 1.12 bits per heavy atom. The summed E-state index contributed by atoms with van der Waals surface area (Å²) >= 11 is 0. The van der Waals surface area contributed by atoms with Gasteiger partial charge in [-0.3, -0.25) is 0 Å². The molecule has 0 bridgehead atoms. The number of quaternary nitrogens is 1. The third-order valence-corrected chi connectivity index (χ3v) is 2.47. The maximum atomic E-state index is 11.6. The second-order valence-electron chi connectivity index (χ2n) is 4.34. The topological polar surface area (TPSA) is 30.7 Å². The third kappa shape index (κ3) is 2.82. The van der Waals surface area contributed by atoms with E-state index in [0.29, 0.717) is 12.3 Å². The molecule has 0 saturated heterocycles. The van der Waals surface area contributed by atoms with Crippen LogP contribution in [0.2, 0.25) is 0 Å². The Morgan fingerprint density at radius 3 is 2.59 bits per heavy atom. The van der Waals surface area contributed by atoms with Crippen molar-refractivity contribution in [2.45, 2.75) is 0 Å². The van der Waals surface area contributed by atoms with Gasteiger partial charge >= 0.3 is 5.97 Å². The summed E-state index contributed by atoms with van der Waals surface area (Å²) in [6, 6.07) is 13.6. The highest BCUT2D eigenvalue weighted by atomic mass is 16.5. The van der Waals surface area contributed by atoms with Gasteiger partial charge in [-0.25, -0.2) is 4.79 Å². The zero-order valence-electron chi connectivity index (χ0n) is 10.1. The van der Waals surface area contributed by atoms with E-state index >= 15 is 0 Å². The number of hydrogen-bond donors (Lipinski definition) is 1. The first-order valence-corrected chi connectivity index (χ1v) is 5.64. The molecule has 88 valence electrons. The molecule has 0 fully saturated rings. The molecule has 0 unspecified atom stereocenters. The van der Waals surface area contributed by atoms with Crippen LogP contribution in [0, 0.1) is 0 Å². The molecule has 1 N–H and O–H groups in total. The average Bonchev–Trinajstić information content (AvgIpc) is 2.28. The lowest BCUT2D eigenvalue weighted by Crippen LogP contribution is -3.06. The summed E-state index contributed by atoms with van der Waals surface area (Å²) in [7, 11) is 3.84. The van der Waals surface area contributed by atoms with Crippen LogP contribution in [0.15, 0.2) is 42.5 Å². The lowest BCUT2D eigenvalue weighted by molar-refractivity contribution is -0.850. The summed E-state index contributed by atoms with van der Waals surface area (Å²) in [5.41, 5.74) is 0. The van der Waals surface area contributed by atoms with Crippen LogP contribution in [-0.2, 0) is 4.79 Å². The van der Waals surface area contributed by atoms with Crippen LogP contribution in [0.1, 0.15) is 0 Å². The molecule has 3 nitrogen and oxygen atoms in total. The van der Waals surface area contributed by atoms with Crippen LogP contribution in [0.4, 0.5) is 0 Å². The summed E-state index contributed by atoms with van der Waals surface area (Å²) in [5, 5.41) is 2.05. The Labute approximate surface area is 101 Å². The molecule has 3 heteroatoms. The summed E-state index contributed by atoms with van der Waals surface area (Å²) < 4.78 is 5.38. The molecule has 0 saturated carbocycles. The van der Waals surface area contributed by atoms with E-state index in [-0.39, 0.29) is 5.97 Å². The normalized spacial score (nSPS) is 10.8. The molecule has 2 rings (SSSR count). The third-order valence-electron chi connectivity index (χ3n) is 2.47. The number of benzene rings is 2. The first-order chi connectivity index (χ1) is 8.16. The SMILES string of the molecule is C[NH+](C)CC(=O)Oc1cccc2ccccc12. The number of nitrogens with one attached hydrogen (secondary N) is 1. The van der Waals surface area contributed by atoms with Crippen LogP contribution in [-0.4, -0.2) is 26.6 Å². The second kappa shape index (κ2) is 4.97. The Bertz CT molecular complexity index is 529. The number of rotatable bonds is 3. The predicted octanol–water partition coefficient (Wildman–Crippen LogP) is 0.890. The molecule has 0 spiro atoms. The Hall–Kier alpha value is -1.87. The minimum atomic E-state index is -0.207. The van der Waals surface area contributed by atoms with Gasteiger partial charge in [0.25, 0.3) is 0 Å². The molecule has 0 aromatic heterocycles. The largest absolute Gasteiger partial charge is 0.422 e. The van der Waals surface area contributed by atoms with Gasteiger partial charge in [-0.1, -0.05) is 36.4 Å². The van der Waals surface area contributed by atoms with Gasteiger partial charge < -0.3 is 9.64 Å². The fourth-order valence-electron chi connectivity index (χ4n) is 1.73. The van der Waals surface area contributed by atoms with Crippen molar-refractivity contribution in [3.8, 4) is 5.75 Å². The van der Waals surface area contributed by atoms with Gasteiger partial charge in [-0.15, -0.1) is 0 Å². The lowest BCUT2D eigenvalue weighted by Gasteiger charge is -2.09. The maximum Gasteiger partial charge on any atom is 0.367 e. The molecule has 2 aromatic rings. The Balaban J connectivity index is 2.27. The van der Waals surface area contributed by atoms with Crippen molar-refractivity contribution in [1.82, 2.24) is 0 Å². The number of esters is 1. The average molecular weight is 230 g/mol. The molecule has 0 atom stereocenters. The summed E-state index contributed by atoms with van der Waals surface area (Å²) in [5.74, 6) is 0.427. The zero-order valence-corrected chi connectivity index (χ0v) is 10.1. The van der Waals surface area contributed by atoms with Crippen LogP contribution in [0.3, 0.4) is 0 Å². The molecule has 0 aliphatic carbocycles. The quantitative estimate of drug-likeness (QED) is 0.627. The molecular formula is C14H16NO2+. The smallest absolute Gasteiger partial charge is 0.367 e. The highest BCUT2D eigenvalue weighted by molar-refractivity contribution is 5.90. The number of carbonyl (C=O) groups is 1. The standard InChI is InChI=1S/C14H15NO2/c1-15(2)10-14(16)17-13-9-5-7-11-6-3-4-8-12(11)13/h3-9H,10H2,1-2H3/p+1. The number of fused-ring (bicyclic) bond motifs is 1. The molecule has 17 heavy (non-hydrogen) atoms. The van der Waals surface area contributed by atoms with Crippen molar-refractivity contribution in [2.75, 3.05) is 20.6 Å². The number of ether oxygens (including phenoxy) is 1. The van der Waals surface area contributed by atoms with Crippen molar-refractivity contribution >= 4 is 16.7 Å². The van der Waals surface area contributed by atoms with E-state index < -0.39 is 0 Å². The van der Waals surface area contributed by atoms with Crippen LogP contribution in [0.25, 0.3) is 10.8 Å². The van der Waals surface area contributed by atoms with Gasteiger partial charge in [-0.2, -0.15) is 0 Å². The molecule has 0 aliphatic rings. The van der Waals surface area contributed by atoms with Crippen LogP contribution in [0.5, 0.6) is 5.75 Å². The van der Waals surface area contributed by atoms with Gasteiger partial charge in [-0.05, 0) is 11.5 Å². The van der Waals surface area contributed by atoms with E-state index in [1.165, 1.54) is 0 Å². The van der Waals surface area contributed by atoms with Gasteiger partial charge in [0, 0.05) is 5.39 Å².